The van der Waals surface area contributed by atoms with E-state index in [4.69, 9.17) is 18.5 Å². The monoisotopic (exact) mass is 1170 g/mol. The highest BCUT2D eigenvalue weighted by Gasteiger charge is 2.27. The van der Waals surface area contributed by atoms with Crippen LogP contribution in [-0.4, -0.2) is 74.9 Å². The molecule has 1 N–H and O–H groups in total. The number of carbonyl (C=O) groups excluding carboxylic acids is 2. The van der Waals surface area contributed by atoms with Crippen molar-refractivity contribution in [2.75, 3.05) is 47.5 Å². The molecule has 478 valence electrons. The van der Waals surface area contributed by atoms with Crippen molar-refractivity contribution < 1.29 is 42.1 Å². The molecule has 0 aliphatic heterocycles. The molecule has 0 saturated carbocycles. The number of carbonyl (C=O) groups is 2. The Labute approximate surface area is 508 Å². The Morgan fingerprint density at radius 1 is 0.390 bits per heavy atom. The van der Waals surface area contributed by atoms with Gasteiger partial charge in [0.2, 0.25) is 0 Å². The second-order valence-electron chi connectivity index (χ2n) is 24.5. The lowest BCUT2D eigenvalue weighted by atomic mass is 10.0. The average Bonchev–Trinajstić information content (AvgIpc) is 3.46. The quantitative estimate of drug-likeness (QED) is 0.0211. The summed E-state index contributed by atoms with van der Waals surface area (Å²) in [4.78, 5) is 35.9. The molecule has 0 heterocycles. The summed E-state index contributed by atoms with van der Waals surface area (Å²) in [5.41, 5.74) is 0. The van der Waals surface area contributed by atoms with Crippen molar-refractivity contribution in [2.24, 2.45) is 0 Å². The Hall–Kier alpha value is -2.55. The maximum Gasteiger partial charge on any atom is 0.472 e. The van der Waals surface area contributed by atoms with Crippen LogP contribution in [0.1, 0.15) is 322 Å². The predicted molar refractivity (Wildman–Crippen MR) is 353 cm³/mol. The molecule has 2 atom stereocenters. The Balaban J connectivity index is 4.02. The third kappa shape index (κ3) is 66.6. The number of esters is 2. The summed E-state index contributed by atoms with van der Waals surface area (Å²) in [5.74, 6) is -0.784. The Bertz CT molecular complexity index is 1610. The lowest BCUT2D eigenvalue weighted by Gasteiger charge is -2.24. The number of rotatable bonds is 64. The number of likely N-dealkylation sites (N-methyl/N-ethyl adjacent to an activating group) is 1. The van der Waals surface area contributed by atoms with Crippen molar-refractivity contribution in [3.8, 4) is 0 Å². The lowest BCUT2D eigenvalue weighted by molar-refractivity contribution is -0.870. The zero-order chi connectivity index (χ0) is 59.8. The summed E-state index contributed by atoms with van der Waals surface area (Å²) >= 11 is 0. The maximum absolute atomic E-state index is 12.9. The van der Waals surface area contributed by atoms with Crippen LogP contribution in [0.4, 0.5) is 0 Å². The maximum atomic E-state index is 12.9. The minimum atomic E-state index is -4.39. The summed E-state index contributed by atoms with van der Waals surface area (Å²) in [6.07, 6.45) is 84.3. The Kier molecular flexibility index (Phi) is 61.0. The molecule has 10 heteroatoms. The molecule has 0 bridgehead atoms. The van der Waals surface area contributed by atoms with Crippen LogP contribution < -0.4 is 0 Å². The fourth-order valence-corrected chi connectivity index (χ4v) is 10.7. The Morgan fingerprint density at radius 3 is 1.04 bits per heavy atom. The predicted octanol–water partition coefficient (Wildman–Crippen LogP) is 22.4. The van der Waals surface area contributed by atoms with E-state index in [0.717, 1.165) is 64.2 Å². The number of unbranched alkanes of at least 4 members (excludes halogenated alkanes) is 38. The number of phosphoric ester groups is 1. The molecule has 0 aliphatic carbocycles. The van der Waals surface area contributed by atoms with Gasteiger partial charge in [-0.1, -0.05) is 299 Å². The number of ether oxygens (including phenoxy) is 2. The van der Waals surface area contributed by atoms with Gasteiger partial charge in [-0.25, -0.2) is 4.57 Å². The minimum Gasteiger partial charge on any atom is -0.462 e. The van der Waals surface area contributed by atoms with Crippen molar-refractivity contribution in [3.05, 3.63) is 72.9 Å². The van der Waals surface area contributed by atoms with Crippen LogP contribution in [0.2, 0.25) is 0 Å². The summed E-state index contributed by atoms with van der Waals surface area (Å²) < 4.78 is 34.7. The van der Waals surface area contributed by atoms with Gasteiger partial charge in [0.25, 0.3) is 0 Å². The van der Waals surface area contributed by atoms with Gasteiger partial charge in [0.05, 0.1) is 27.7 Å². The normalized spacial score (nSPS) is 13.6. The molecule has 0 aromatic rings. The van der Waals surface area contributed by atoms with Gasteiger partial charge >= 0.3 is 19.8 Å². The number of phosphoric acid groups is 1. The van der Waals surface area contributed by atoms with Crippen LogP contribution in [0.15, 0.2) is 72.9 Å². The van der Waals surface area contributed by atoms with E-state index >= 15 is 0 Å². The summed E-state index contributed by atoms with van der Waals surface area (Å²) in [6.45, 7) is 4.36. The van der Waals surface area contributed by atoms with E-state index in [1.807, 2.05) is 21.1 Å². The molecule has 0 aromatic carbocycles. The topological polar surface area (TPSA) is 108 Å². The molecule has 0 rings (SSSR count). The van der Waals surface area contributed by atoms with Crippen LogP contribution in [-0.2, 0) is 32.7 Å². The van der Waals surface area contributed by atoms with E-state index in [1.165, 1.54) is 225 Å². The summed E-state index contributed by atoms with van der Waals surface area (Å²) in [6, 6.07) is 0. The molecule has 82 heavy (non-hydrogen) atoms. The molecule has 0 spiro atoms. The highest BCUT2D eigenvalue weighted by atomic mass is 31.2. The first kappa shape index (κ1) is 79.5. The van der Waals surface area contributed by atoms with E-state index < -0.39 is 26.5 Å². The van der Waals surface area contributed by atoms with Crippen molar-refractivity contribution in [3.63, 3.8) is 0 Å². The molecule has 0 fully saturated rings. The van der Waals surface area contributed by atoms with Gasteiger partial charge in [-0.05, 0) is 83.5 Å². The van der Waals surface area contributed by atoms with E-state index in [0.29, 0.717) is 17.4 Å². The first-order valence-corrected chi connectivity index (χ1v) is 36.2. The summed E-state index contributed by atoms with van der Waals surface area (Å²) in [7, 11) is 1.49. The molecule has 0 saturated heterocycles. The van der Waals surface area contributed by atoms with Crippen LogP contribution in [0.3, 0.4) is 0 Å². The molecule has 0 radical (unpaired) electrons. The Morgan fingerprint density at radius 2 is 0.695 bits per heavy atom. The van der Waals surface area contributed by atoms with E-state index in [1.54, 1.807) is 0 Å². The van der Waals surface area contributed by atoms with Gasteiger partial charge in [-0.15, -0.1) is 0 Å². The van der Waals surface area contributed by atoms with Crippen molar-refractivity contribution in [1.82, 2.24) is 0 Å². The van der Waals surface area contributed by atoms with Crippen LogP contribution in [0, 0.1) is 0 Å². The first-order chi connectivity index (χ1) is 40.0. The number of quaternary nitrogens is 1. The van der Waals surface area contributed by atoms with Crippen molar-refractivity contribution in [1.29, 1.82) is 0 Å². The second-order valence-corrected chi connectivity index (χ2v) is 26.0. The zero-order valence-electron chi connectivity index (χ0n) is 54.5. The molecule has 0 aliphatic rings. The van der Waals surface area contributed by atoms with Crippen molar-refractivity contribution >= 4 is 19.8 Å². The van der Waals surface area contributed by atoms with Gasteiger partial charge in [-0.2, -0.15) is 0 Å². The highest BCUT2D eigenvalue weighted by molar-refractivity contribution is 7.47. The SMILES string of the molecule is CC/C=C\C/C=C\C/C=C\C/C=C\CCCCCCCCCCCCCCCCCCCCC(=O)OC(COC(=O)CCCCCCCCCCCCCCCCC/C=C\C/C=C\CCCCCCC)COP(=O)(O)OCC[N+](C)(C)C. The fraction of sp³-hybridized carbons (Fsp3) is 0.806. The largest absolute Gasteiger partial charge is 0.472 e. The van der Waals surface area contributed by atoms with E-state index in [2.05, 4.69) is 86.8 Å². The van der Waals surface area contributed by atoms with Crippen LogP contribution in [0.25, 0.3) is 0 Å². The first-order valence-electron chi connectivity index (χ1n) is 34.7. The molecular weight excluding hydrogens is 1040 g/mol. The number of allylic oxidation sites excluding steroid dienone is 12. The van der Waals surface area contributed by atoms with Crippen LogP contribution in [0.5, 0.6) is 0 Å². The molecule has 2 unspecified atom stereocenters. The fourth-order valence-electron chi connectivity index (χ4n) is 9.92. The van der Waals surface area contributed by atoms with Gasteiger partial charge in [0.1, 0.15) is 19.8 Å². The minimum absolute atomic E-state index is 0.0318. The lowest BCUT2D eigenvalue weighted by Crippen LogP contribution is -2.37. The highest BCUT2D eigenvalue weighted by Crippen LogP contribution is 2.43. The van der Waals surface area contributed by atoms with E-state index in [9.17, 15) is 19.0 Å². The molecular formula is C72H133NO8P+. The third-order valence-electron chi connectivity index (χ3n) is 15.2. The molecule has 0 aromatic heterocycles. The smallest absolute Gasteiger partial charge is 0.462 e. The van der Waals surface area contributed by atoms with Crippen molar-refractivity contribution in [2.45, 2.75) is 328 Å². The van der Waals surface area contributed by atoms with E-state index in [-0.39, 0.29) is 32.0 Å². The standard InChI is InChI=1S/C72H132NO8P/c1-6-8-10-12-14-16-18-20-22-24-26-28-30-32-34-35-36-37-39-41-43-45-47-49-51-53-55-57-59-61-63-65-72(75)81-70(69-80-82(76,77)79-67-66-73(3,4)5)68-78-71(74)64-62-60-58-56-54-52-50-48-46-44-42-40-38-33-31-29-27-25-23-21-19-17-15-13-11-9-7-2/h8,10,14,16,19-22,25-28,70H,6-7,9,11-13,15,17-18,23-24,29-69H2,1-5H3/p+1/b10-8-,16-14-,21-19-,22-20-,27-25-,28-26-. The average molecular weight is 1170 g/mol. The van der Waals surface area contributed by atoms with Gasteiger partial charge in [-0.3, -0.25) is 18.6 Å². The number of hydrogen-bond acceptors (Lipinski definition) is 7. The van der Waals surface area contributed by atoms with Gasteiger partial charge < -0.3 is 18.9 Å². The molecule has 9 nitrogen and oxygen atoms in total. The molecule has 0 amide bonds. The summed E-state index contributed by atoms with van der Waals surface area (Å²) in [5, 5.41) is 0. The number of hydrogen-bond donors (Lipinski definition) is 1. The second kappa shape index (κ2) is 63.0. The third-order valence-corrected chi connectivity index (χ3v) is 16.2. The van der Waals surface area contributed by atoms with Crippen LogP contribution >= 0.6 is 7.82 Å². The van der Waals surface area contributed by atoms with Gasteiger partial charge in [0, 0.05) is 12.8 Å². The number of nitrogens with zero attached hydrogens (tertiary/aromatic N) is 1. The zero-order valence-corrected chi connectivity index (χ0v) is 55.4. The van der Waals surface area contributed by atoms with Gasteiger partial charge in [0.15, 0.2) is 6.10 Å².